The van der Waals surface area contributed by atoms with E-state index < -0.39 is 0 Å². The molecule has 0 unspecified atom stereocenters. The van der Waals surface area contributed by atoms with Gasteiger partial charge in [-0.25, -0.2) is 20.8 Å². The minimum Gasteiger partial charge on any atom is -0.316 e. The Bertz CT molecular complexity index is 605. The van der Waals surface area contributed by atoms with E-state index in [1.54, 1.807) is 10.8 Å². The molecule has 2 rings (SSSR count). The molecule has 0 radical (unpaired) electrons. The van der Waals surface area contributed by atoms with E-state index in [4.69, 9.17) is 17.4 Å². The quantitative estimate of drug-likeness (QED) is 0.666. The van der Waals surface area contributed by atoms with E-state index in [0.29, 0.717) is 22.6 Å². The second-order valence-electron chi connectivity index (χ2n) is 4.66. The van der Waals surface area contributed by atoms with Gasteiger partial charge in [-0.1, -0.05) is 25.4 Å². The molecular formula is C12H17ClN6. The van der Waals surface area contributed by atoms with E-state index in [1.807, 2.05) is 14.0 Å². The highest BCUT2D eigenvalue weighted by Crippen LogP contribution is 2.27. The Morgan fingerprint density at radius 2 is 2.05 bits per heavy atom. The Morgan fingerprint density at radius 1 is 1.37 bits per heavy atom. The summed E-state index contributed by atoms with van der Waals surface area (Å²) in [4.78, 5) is 13.1. The number of aryl methyl sites for hydroxylation is 1. The molecule has 0 fully saturated rings. The average molecular weight is 281 g/mol. The number of hydrazine groups is 1. The van der Waals surface area contributed by atoms with Gasteiger partial charge >= 0.3 is 0 Å². The molecule has 2 heterocycles. The van der Waals surface area contributed by atoms with Crippen LogP contribution < -0.4 is 11.3 Å². The van der Waals surface area contributed by atoms with Crippen molar-refractivity contribution >= 4 is 17.4 Å². The van der Waals surface area contributed by atoms with E-state index in [2.05, 4.69) is 34.2 Å². The highest BCUT2D eigenvalue weighted by atomic mass is 35.5. The Labute approximate surface area is 117 Å². The van der Waals surface area contributed by atoms with Crippen LogP contribution in [0.2, 0.25) is 5.15 Å². The van der Waals surface area contributed by atoms with Crippen LogP contribution in [0.1, 0.15) is 31.0 Å². The van der Waals surface area contributed by atoms with Crippen LogP contribution in [0, 0.1) is 6.92 Å². The summed E-state index contributed by atoms with van der Waals surface area (Å²) >= 11 is 5.98. The topological polar surface area (TPSA) is 81.7 Å². The third-order valence-corrected chi connectivity index (χ3v) is 3.33. The molecule has 0 saturated carbocycles. The Kier molecular flexibility index (Phi) is 3.73. The molecule has 0 aliphatic carbocycles. The van der Waals surface area contributed by atoms with Gasteiger partial charge in [0.2, 0.25) is 0 Å². The zero-order valence-electron chi connectivity index (χ0n) is 11.4. The number of rotatable bonds is 3. The molecule has 0 spiro atoms. The van der Waals surface area contributed by atoms with E-state index in [-0.39, 0.29) is 5.92 Å². The fraction of sp³-hybridized carbons (Fsp3) is 0.417. The van der Waals surface area contributed by atoms with Crippen LogP contribution >= 0.6 is 11.6 Å². The first kappa shape index (κ1) is 13.8. The first-order valence-corrected chi connectivity index (χ1v) is 6.36. The van der Waals surface area contributed by atoms with Crippen molar-refractivity contribution in [2.75, 3.05) is 5.43 Å². The van der Waals surface area contributed by atoms with Crippen LogP contribution in [-0.2, 0) is 7.05 Å². The monoisotopic (exact) mass is 280 g/mol. The zero-order valence-corrected chi connectivity index (χ0v) is 12.2. The van der Waals surface area contributed by atoms with Crippen molar-refractivity contribution in [2.24, 2.45) is 12.9 Å². The average Bonchev–Trinajstić information content (AvgIpc) is 2.68. The number of nitrogens with zero attached hydrogens (tertiary/aromatic N) is 4. The number of anilines is 1. The summed E-state index contributed by atoms with van der Waals surface area (Å²) in [6.45, 7) is 6.08. The minimum atomic E-state index is 0.282. The van der Waals surface area contributed by atoms with E-state index in [9.17, 15) is 0 Å². The molecule has 0 aliphatic rings. The van der Waals surface area contributed by atoms with Crippen LogP contribution in [0.4, 0.5) is 5.82 Å². The van der Waals surface area contributed by atoms with Crippen LogP contribution in [0.5, 0.6) is 0 Å². The van der Waals surface area contributed by atoms with Crippen molar-refractivity contribution in [1.29, 1.82) is 0 Å². The molecule has 19 heavy (non-hydrogen) atoms. The summed E-state index contributed by atoms with van der Waals surface area (Å²) in [7, 11) is 1.81. The largest absolute Gasteiger partial charge is 0.316 e. The highest BCUT2D eigenvalue weighted by molar-refractivity contribution is 6.29. The third kappa shape index (κ3) is 2.41. The molecule has 102 valence electrons. The number of nitrogen functional groups attached to an aromatic ring is 1. The fourth-order valence-corrected chi connectivity index (χ4v) is 2.21. The van der Waals surface area contributed by atoms with Gasteiger partial charge in [0.25, 0.3) is 0 Å². The molecule has 0 aromatic carbocycles. The smallest absolute Gasteiger partial charge is 0.198 e. The maximum absolute atomic E-state index is 5.98. The van der Waals surface area contributed by atoms with Gasteiger partial charge in [-0.3, -0.25) is 0 Å². The lowest BCUT2D eigenvalue weighted by Crippen LogP contribution is -2.15. The van der Waals surface area contributed by atoms with Crippen molar-refractivity contribution in [2.45, 2.75) is 26.7 Å². The number of imidazole rings is 1. The SMILES string of the molecule is Cc1nc(-c2ncc(Cl)n2C)nc(NN)c1C(C)C. The molecule has 0 atom stereocenters. The Morgan fingerprint density at radius 3 is 2.53 bits per heavy atom. The first-order valence-electron chi connectivity index (χ1n) is 5.98. The molecule has 0 amide bonds. The standard InChI is InChI=1S/C12H17ClN6/c1-6(2)9-7(3)16-11(17-10(9)18-14)12-15-5-8(13)19(12)4/h5-6H,14H2,1-4H3,(H,16,17,18). The van der Waals surface area contributed by atoms with Crippen molar-refractivity contribution in [3.63, 3.8) is 0 Å². The van der Waals surface area contributed by atoms with E-state index in [1.165, 1.54) is 0 Å². The molecule has 3 N–H and O–H groups in total. The van der Waals surface area contributed by atoms with Gasteiger partial charge in [0, 0.05) is 18.3 Å². The highest BCUT2D eigenvalue weighted by Gasteiger charge is 2.17. The predicted molar refractivity (Wildman–Crippen MR) is 75.9 cm³/mol. The molecule has 6 nitrogen and oxygen atoms in total. The summed E-state index contributed by atoms with van der Waals surface area (Å²) in [5, 5.41) is 0.534. The van der Waals surface area contributed by atoms with E-state index in [0.717, 1.165) is 11.3 Å². The Hall–Kier alpha value is -1.66. The van der Waals surface area contributed by atoms with Gasteiger partial charge in [-0.05, 0) is 12.8 Å². The number of halogens is 1. The maximum atomic E-state index is 5.98. The molecule has 7 heteroatoms. The number of hydrogen-bond donors (Lipinski definition) is 2. The summed E-state index contributed by atoms with van der Waals surface area (Å²) < 4.78 is 1.73. The molecule has 0 saturated heterocycles. The molecule has 0 bridgehead atoms. The first-order chi connectivity index (χ1) is 8.95. The van der Waals surface area contributed by atoms with Crippen LogP contribution in [0.25, 0.3) is 11.6 Å². The van der Waals surface area contributed by atoms with Crippen molar-refractivity contribution in [3.05, 3.63) is 22.6 Å². The summed E-state index contributed by atoms with van der Waals surface area (Å²) in [6, 6.07) is 0. The lowest BCUT2D eigenvalue weighted by atomic mass is 10.0. The van der Waals surface area contributed by atoms with Gasteiger partial charge in [0.1, 0.15) is 11.0 Å². The van der Waals surface area contributed by atoms with Gasteiger partial charge < -0.3 is 9.99 Å². The van der Waals surface area contributed by atoms with Crippen LogP contribution in [0.15, 0.2) is 6.20 Å². The zero-order chi connectivity index (χ0) is 14.2. The third-order valence-electron chi connectivity index (χ3n) is 2.98. The lowest BCUT2D eigenvalue weighted by Gasteiger charge is -2.15. The summed E-state index contributed by atoms with van der Waals surface area (Å²) in [5.41, 5.74) is 4.52. The van der Waals surface area contributed by atoms with E-state index >= 15 is 0 Å². The number of hydrogen-bond acceptors (Lipinski definition) is 5. The molecule has 0 aliphatic heterocycles. The van der Waals surface area contributed by atoms with Crippen molar-refractivity contribution in [1.82, 2.24) is 19.5 Å². The van der Waals surface area contributed by atoms with Crippen molar-refractivity contribution in [3.8, 4) is 11.6 Å². The minimum absolute atomic E-state index is 0.282. The molecule has 2 aromatic heterocycles. The van der Waals surface area contributed by atoms with Crippen LogP contribution in [0.3, 0.4) is 0 Å². The Balaban J connectivity index is 2.61. The molecular weight excluding hydrogens is 264 g/mol. The van der Waals surface area contributed by atoms with Gasteiger partial charge in [0.15, 0.2) is 11.6 Å². The number of nitrogens with two attached hydrogens (primary N) is 1. The maximum Gasteiger partial charge on any atom is 0.198 e. The van der Waals surface area contributed by atoms with Gasteiger partial charge in [0.05, 0.1) is 6.20 Å². The van der Waals surface area contributed by atoms with Gasteiger partial charge in [-0.15, -0.1) is 0 Å². The van der Waals surface area contributed by atoms with Crippen molar-refractivity contribution < 1.29 is 0 Å². The summed E-state index contributed by atoms with van der Waals surface area (Å²) in [5.74, 6) is 7.57. The normalized spacial score (nSPS) is 11.1. The van der Waals surface area contributed by atoms with Gasteiger partial charge in [-0.2, -0.15) is 0 Å². The second-order valence-corrected chi connectivity index (χ2v) is 5.04. The predicted octanol–water partition coefficient (Wildman–Crippen LogP) is 2.25. The number of aromatic nitrogens is 4. The van der Waals surface area contributed by atoms with Crippen LogP contribution in [-0.4, -0.2) is 19.5 Å². The fourth-order valence-electron chi connectivity index (χ4n) is 2.08. The lowest BCUT2D eigenvalue weighted by molar-refractivity contribution is 0.825. The molecule has 2 aromatic rings. The number of nitrogens with one attached hydrogen (secondary N) is 1. The second kappa shape index (κ2) is 5.14. The summed E-state index contributed by atoms with van der Waals surface area (Å²) in [6.07, 6.45) is 1.57.